The van der Waals surface area contributed by atoms with Crippen molar-refractivity contribution >= 4 is 22.2 Å². The second-order valence-corrected chi connectivity index (χ2v) is 3.28. The molecule has 0 atom stereocenters. The Morgan fingerprint density at radius 1 is 1.14 bits per heavy atom. The van der Waals surface area contributed by atoms with E-state index < -0.39 is 0 Å². The minimum Gasteiger partial charge on any atom is -0.383 e. The summed E-state index contributed by atoms with van der Waals surface area (Å²) in [7, 11) is 0. The monoisotopic (exact) mass is 183 g/mol. The Morgan fingerprint density at radius 3 is 2.93 bits per heavy atom. The minimum atomic E-state index is 0.672. The molecule has 0 aliphatic heterocycles. The lowest BCUT2D eigenvalue weighted by atomic mass is 10.2. The first-order chi connectivity index (χ1) is 6.86. The Bertz CT molecular complexity index is 610. The van der Waals surface area contributed by atoms with Gasteiger partial charge in [0, 0.05) is 11.6 Å². The number of hydrogen-bond acceptors (Lipinski definition) is 2. The van der Waals surface area contributed by atoms with Crippen LogP contribution in [0.5, 0.6) is 0 Å². The Labute approximate surface area is 80.8 Å². The molecule has 0 radical (unpaired) electrons. The molecule has 2 N–H and O–H groups in total. The van der Waals surface area contributed by atoms with E-state index in [0.29, 0.717) is 5.82 Å². The van der Waals surface area contributed by atoms with Crippen LogP contribution >= 0.6 is 0 Å². The molecule has 3 heteroatoms. The van der Waals surface area contributed by atoms with Gasteiger partial charge in [0.15, 0.2) is 0 Å². The molecule has 0 bridgehead atoms. The number of nitrogens with zero attached hydrogens (tertiary/aromatic N) is 2. The lowest BCUT2D eigenvalue weighted by Crippen LogP contribution is -1.91. The van der Waals surface area contributed by atoms with Crippen LogP contribution in [0.1, 0.15) is 0 Å². The lowest BCUT2D eigenvalue weighted by Gasteiger charge is -2.00. The van der Waals surface area contributed by atoms with E-state index in [-0.39, 0.29) is 0 Å². The quantitative estimate of drug-likeness (QED) is 0.579. The second-order valence-electron chi connectivity index (χ2n) is 3.28. The van der Waals surface area contributed by atoms with Crippen LogP contribution in [0.15, 0.2) is 42.7 Å². The van der Waals surface area contributed by atoms with E-state index in [1.807, 2.05) is 28.8 Å². The molecule has 0 saturated carbocycles. The van der Waals surface area contributed by atoms with Gasteiger partial charge in [-0.15, -0.1) is 0 Å². The average Bonchev–Trinajstić information content (AvgIpc) is 2.61. The van der Waals surface area contributed by atoms with Crippen LogP contribution in [0.4, 0.5) is 5.82 Å². The summed E-state index contributed by atoms with van der Waals surface area (Å²) >= 11 is 0. The summed E-state index contributed by atoms with van der Waals surface area (Å²) in [5.74, 6) is 0.672. The Kier molecular flexibility index (Phi) is 1.31. The van der Waals surface area contributed by atoms with E-state index in [0.717, 1.165) is 11.0 Å². The summed E-state index contributed by atoms with van der Waals surface area (Å²) in [6.07, 6.45) is 3.63. The molecule has 0 saturated heterocycles. The fourth-order valence-electron chi connectivity index (χ4n) is 1.73. The van der Waals surface area contributed by atoms with Crippen LogP contribution < -0.4 is 5.73 Å². The van der Waals surface area contributed by atoms with Crippen LogP contribution in [0.25, 0.3) is 16.4 Å². The molecule has 2 heterocycles. The first-order valence-electron chi connectivity index (χ1n) is 4.46. The van der Waals surface area contributed by atoms with Gasteiger partial charge in [-0.3, -0.25) is 4.40 Å². The highest BCUT2D eigenvalue weighted by atomic mass is 15.1. The van der Waals surface area contributed by atoms with Crippen LogP contribution in [-0.2, 0) is 0 Å². The van der Waals surface area contributed by atoms with Gasteiger partial charge in [-0.2, -0.15) is 0 Å². The van der Waals surface area contributed by atoms with Crippen molar-refractivity contribution in [1.82, 2.24) is 9.38 Å². The fraction of sp³-hybridized carbons (Fsp3) is 0. The molecule has 0 aliphatic rings. The molecule has 0 unspecified atom stereocenters. The highest BCUT2D eigenvalue weighted by molar-refractivity contribution is 5.94. The molecular formula is C11H9N3. The number of nitrogens with two attached hydrogens (primary N) is 1. The van der Waals surface area contributed by atoms with Gasteiger partial charge in [0.05, 0.1) is 6.20 Å². The minimum absolute atomic E-state index is 0.672. The topological polar surface area (TPSA) is 43.3 Å². The standard InChI is InChI=1S/C11H9N3/c12-10-7-13-11-9-4-2-1-3-8(9)5-6-14(10)11/h1-7H,12H2. The van der Waals surface area contributed by atoms with E-state index in [9.17, 15) is 0 Å². The van der Waals surface area contributed by atoms with Gasteiger partial charge in [-0.05, 0) is 11.5 Å². The number of anilines is 1. The van der Waals surface area contributed by atoms with Gasteiger partial charge >= 0.3 is 0 Å². The highest BCUT2D eigenvalue weighted by Crippen LogP contribution is 2.20. The molecule has 3 rings (SSSR count). The fourth-order valence-corrected chi connectivity index (χ4v) is 1.73. The first-order valence-corrected chi connectivity index (χ1v) is 4.46. The van der Waals surface area contributed by atoms with Crippen LogP contribution in [0.2, 0.25) is 0 Å². The summed E-state index contributed by atoms with van der Waals surface area (Å²) in [5.41, 5.74) is 6.68. The number of nitrogen functional groups attached to an aromatic ring is 1. The molecule has 0 spiro atoms. The van der Waals surface area contributed by atoms with E-state index in [1.165, 1.54) is 5.39 Å². The van der Waals surface area contributed by atoms with Gasteiger partial charge in [0.25, 0.3) is 0 Å². The summed E-state index contributed by atoms with van der Waals surface area (Å²) in [4.78, 5) is 4.28. The van der Waals surface area contributed by atoms with E-state index in [2.05, 4.69) is 17.1 Å². The Balaban J connectivity index is 2.61. The van der Waals surface area contributed by atoms with Crippen molar-refractivity contribution in [2.24, 2.45) is 0 Å². The predicted octanol–water partition coefficient (Wildman–Crippen LogP) is 2.07. The molecule has 0 aliphatic carbocycles. The number of hydrogen-bond donors (Lipinski definition) is 1. The number of imidazole rings is 1. The van der Waals surface area contributed by atoms with Gasteiger partial charge in [-0.25, -0.2) is 4.98 Å². The van der Waals surface area contributed by atoms with Gasteiger partial charge in [0.2, 0.25) is 0 Å². The smallest absolute Gasteiger partial charge is 0.146 e. The molecule has 0 fully saturated rings. The molecule has 3 aromatic rings. The van der Waals surface area contributed by atoms with Gasteiger partial charge in [-0.1, -0.05) is 24.3 Å². The van der Waals surface area contributed by atoms with Crippen molar-refractivity contribution in [2.75, 3.05) is 5.73 Å². The van der Waals surface area contributed by atoms with Crippen LogP contribution in [0, 0.1) is 0 Å². The average molecular weight is 183 g/mol. The van der Waals surface area contributed by atoms with Crippen molar-refractivity contribution in [3.63, 3.8) is 0 Å². The maximum Gasteiger partial charge on any atom is 0.146 e. The third kappa shape index (κ3) is 0.836. The number of benzene rings is 1. The zero-order valence-electron chi connectivity index (χ0n) is 7.51. The van der Waals surface area contributed by atoms with E-state index >= 15 is 0 Å². The highest BCUT2D eigenvalue weighted by Gasteiger charge is 2.02. The zero-order chi connectivity index (χ0) is 9.54. The molecule has 3 nitrogen and oxygen atoms in total. The maximum absolute atomic E-state index is 5.77. The van der Waals surface area contributed by atoms with E-state index in [1.54, 1.807) is 6.20 Å². The lowest BCUT2D eigenvalue weighted by molar-refractivity contribution is 1.21. The third-order valence-electron chi connectivity index (χ3n) is 2.43. The van der Waals surface area contributed by atoms with Crippen molar-refractivity contribution in [1.29, 1.82) is 0 Å². The van der Waals surface area contributed by atoms with Crippen molar-refractivity contribution in [3.05, 3.63) is 42.7 Å². The predicted molar refractivity (Wildman–Crippen MR) is 57.1 cm³/mol. The van der Waals surface area contributed by atoms with Gasteiger partial charge < -0.3 is 5.73 Å². The molecule has 14 heavy (non-hydrogen) atoms. The second kappa shape index (κ2) is 2.48. The number of fused-ring (bicyclic) bond motifs is 3. The molecule has 2 aromatic heterocycles. The van der Waals surface area contributed by atoms with Crippen LogP contribution in [0.3, 0.4) is 0 Å². The number of aromatic nitrogens is 2. The summed E-state index contributed by atoms with van der Waals surface area (Å²) in [6, 6.07) is 10.2. The van der Waals surface area contributed by atoms with Crippen molar-refractivity contribution in [3.8, 4) is 0 Å². The normalized spacial score (nSPS) is 11.1. The Hall–Kier alpha value is -2.03. The summed E-state index contributed by atoms with van der Waals surface area (Å²) < 4.78 is 1.89. The van der Waals surface area contributed by atoms with Crippen molar-refractivity contribution in [2.45, 2.75) is 0 Å². The van der Waals surface area contributed by atoms with Crippen molar-refractivity contribution < 1.29 is 0 Å². The van der Waals surface area contributed by atoms with E-state index in [4.69, 9.17) is 5.73 Å². The first kappa shape index (κ1) is 7.38. The maximum atomic E-state index is 5.77. The number of rotatable bonds is 0. The van der Waals surface area contributed by atoms with Crippen LogP contribution in [-0.4, -0.2) is 9.38 Å². The largest absolute Gasteiger partial charge is 0.383 e. The molecule has 0 amide bonds. The Morgan fingerprint density at radius 2 is 2.00 bits per heavy atom. The summed E-state index contributed by atoms with van der Waals surface area (Å²) in [5, 5.41) is 2.32. The SMILES string of the molecule is Nc1cnc2c3ccccc3ccn12. The molecule has 68 valence electrons. The summed E-state index contributed by atoms with van der Waals surface area (Å²) in [6.45, 7) is 0. The third-order valence-corrected chi connectivity index (χ3v) is 2.43. The molecular weight excluding hydrogens is 174 g/mol. The zero-order valence-corrected chi connectivity index (χ0v) is 7.51. The molecule has 1 aromatic carbocycles. The van der Waals surface area contributed by atoms with Gasteiger partial charge in [0.1, 0.15) is 11.5 Å². The number of pyridine rings is 1.